The number of para-hydroxylation sites is 1. The number of hydrogen-bond acceptors (Lipinski definition) is 3. The van der Waals surface area contributed by atoms with E-state index >= 15 is 0 Å². The first-order valence-electron chi connectivity index (χ1n) is 6.35. The van der Waals surface area contributed by atoms with Gasteiger partial charge in [0.2, 0.25) is 15.9 Å². The summed E-state index contributed by atoms with van der Waals surface area (Å²) in [6.07, 6.45) is 2.11. The Morgan fingerprint density at radius 1 is 1.35 bits per heavy atom. The summed E-state index contributed by atoms with van der Waals surface area (Å²) in [4.78, 5) is 11.3. The molecule has 0 spiro atoms. The highest BCUT2D eigenvalue weighted by molar-refractivity contribution is 7.92. The van der Waals surface area contributed by atoms with Gasteiger partial charge in [0.25, 0.3) is 0 Å². The Morgan fingerprint density at radius 2 is 2.00 bits per heavy atom. The zero-order chi connectivity index (χ0) is 15.2. The highest BCUT2D eigenvalue weighted by atomic mass is 32.2. The standard InChI is InChI=1S/C13H19FN2O3S/c1-3-6-13(17)15-9-10-16(20(2,18)19)12-8-5-4-7-11(12)14/h4-5,7-8H,3,6,9-10H2,1-2H3,(H,15,17). The fourth-order valence-corrected chi connectivity index (χ4v) is 2.66. The zero-order valence-corrected chi connectivity index (χ0v) is 12.4. The lowest BCUT2D eigenvalue weighted by Crippen LogP contribution is -2.38. The molecular formula is C13H19FN2O3S. The number of amides is 1. The normalized spacial score (nSPS) is 11.2. The van der Waals surface area contributed by atoms with Crippen LogP contribution >= 0.6 is 0 Å². The Hall–Kier alpha value is -1.63. The highest BCUT2D eigenvalue weighted by Crippen LogP contribution is 2.20. The minimum absolute atomic E-state index is 0.00474. The van der Waals surface area contributed by atoms with Gasteiger partial charge in [-0.05, 0) is 18.6 Å². The number of nitrogens with zero attached hydrogens (tertiary/aromatic N) is 1. The third-order valence-corrected chi connectivity index (χ3v) is 3.82. The largest absolute Gasteiger partial charge is 0.354 e. The molecule has 1 N–H and O–H groups in total. The van der Waals surface area contributed by atoms with Crippen molar-refractivity contribution < 1.29 is 17.6 Å². The molecule has 20 heavy (non-hydrogen) atoms. The minimum atomic E-state index is -3.61. The molecule has 1 amide bonds. The van der Waals surface area contributed by atoms with E-state index in [-0.39, 0.29) is 24.7 Å². The molecule has 0 aliphatic heterocycles. The van der Waals surface area contributed by atoms with Crippen molar-refractivity contribution in [2.75, 3.05) is 23.7 Å². The van der Waals surface area contributed by atoms with Crippen LogP contribution in [-0.4, -0.2) is 33.7 Å². The zero-order valence-electron chi connectivity index (χ0n) is 11.6. The molecule has 0 aromatic heterocycles. The third-order valence-electron chi connectivity index (χ3n) is 2.64. The van der Waals surface area contributed by atoms with Crippen LogP contribution in [0.15, 0.2) is 24.3 Å². The maximum Gasteiger partial charge on any atom is 0.232 e. The van der Waals surface area contributed by atoms with Crippen LogP contribution in [-0.2, 0) is 14.8 Å². The minimum Gasteiger partial charge on any atom is -0.354 e. The molecule has 1 aromatic rings. The first kappa shape index (κ1) is 16.4. The Morgan fingerprint density at radius 3 is 2.55 bits per heavy atom. The molecule has 0 aliphatic carbocycles. The number of carbonyl (C=O) groups excluding carboxylic acids is 1. The molecule has 1 rings (SSSR count). The maximum atomic E-state index is 13.7. The van der Waals surface area contributed by atoms with Crippen molar-refractivity contribution in [2.24, 2.45) is 0 Å². The molecule has 0 atom stereocenters. The van der Waals surface area contributed by atoms with Gasteiger partial charge in [-0.2, -0.15) is 0 Å². The molecular weight excluding hydrogens is 283 g/mol. The van der Waals surface area contributed by atoms with E-state index in [9.17, 15) is 17.6 Å². The van der Waals surface area contributed by atoms with Gasteiger partial charge in [0.1, 0.15) is 5.82 Å². The van der Waals surface area contributed by atoms with E-state index in [2.05, 4.69) is 5.32 Å². The van der Waals surface area contributed by atoms with Crippen LogP contribution in [0, 0.1) is 5.82 Å². The van der Waals surface area contributed by atoms with E-state index in [0.29, 0.717) is 6.42 Å². The molecule has 0 heterocycles. The summed E-state index contributed by atoms with van der Waals surface area (Å²) >= 11 is 0. The number of halogens is 1. The first-order valence-corrected chi connectivity index (χ1v) is 8.20. The molecule has 0 radical (unpaired) electrons. The molecule has 1 aromatic carbocycles. The fourth-order valence-electron chi connectivity index (χ4n) is 1.73. The average molecular weight is 302 g/mol. The van der Waals surface area contributed by atoms with Crippen LogP contribution in [0.4, 0.5) is 10.1 Å². The molecule has 0 unspecified atom stereocenters. The van der Waals surface area contributed by atoms with E-state index < -0.39 is 15.8 Å². The van der Waals surface area contributed by atoms with Crippen LogP contribution in [0.3, 0.4) is 0 Å². The molecule has 112 valence electrons. The number of hydrogen-bond donors (Lipinski definition) is 1. The van der Waals surface area contributed by atoms with Gasteiger partial charge in [0, 0.05) is 13.0 Å². The topological polar surface area (TPSA) is 66.5 Å². The van der Waals surface area contributed by atoms with Gasteiger partial charge in [-0.15, -0.1) is 0 Å². The smallest absolute Gasteiger partial charge is 0.232 e. The number of rotatable bonds is 7. The lowest BCUT2D eigenvalue weighted by Gasteiger charge is -2.22. The van der Waals surface area contributed by atoms with Gasteiger partial charge >= 0.3 is 0 Å². The summed E-state index contributed by atoms with van der Waals surface area (Å²) in [6.45, 7) is 2.01. The number of benzene rings is 1. The Balaban J connectivity index is 2.78. The van der Waals surface area contributed by atoms with Crippen molar-refractivity contribution in [3.05, 3.63) is 30.1 Å². The molecule has 0 bridgehead atoms. The Bertz CT molecular complexity index is 560. The molecule has 0 saturated heterocycles. The summed E-state index contributed by atoms with van der Waals surface area (Å²) in [5.41, 5.74) is -0.0141. The van der Waals surface area contributed by atoms with Gasteiger partial charge in [-0.25, -0.2) is 12.8 Å². The summed E-state index contributed by atoms with van der Waals surface area (Å²) in [7, 11) is -3.61. The fraction of sp³-hybridized carbons (Fsp3) is 0.462. The third kappa shape index (κ3) is 4.80. The molecule has 7 heteroatoms. The molecule has 5 nitrogen and oxygen atoms in total. The highest BCUT2D eigenvalue weighted by Gasteiger charge is 2.20. The first-order chi connectivity index (χ1) is 9.36. The number of carbonyl (C=O) groups is 1. The maximum absolute atomic E-state index is 13.7. The van der Waals surface area contributed by atoms with Crippen molar-refractivity contribution in [2.45, 2.75) is 19.8 Å². The van der Waals surface area contributed by atoms with Gasteiger partial charge in [-0.1, -0.05) is 19.1 Å². The van der Waals surface area contributed by atoms with Gasteiger partial charge in [0.15, 0.2) is 0 Å². The molecule has 0 saturated carbocycles. The predicted octanol–water partition coefficient (Wildman–Crippen LogP) is 1.51. The van der Waals surface area contributed by atoms with Crippen LogP contribution in [0.5, 0.6) is 0 Å². The second kappa shape index (κ2) is 7.23. The van der Waals surface area contributed by atoms with Crippen molar-refractivity contribution in [1.82, 2.24) is 5.32 Å². The van der Waals surface area contributed by atoms with E-state index in [1.54, 1.807) is 6.07 Å². The van der Waals surface area contributed by atoms with Gasteiger partial charge in [0.05, 0.1) is 18.5 Å². The summed E-state index contributed by atoms with van der Waals surface area (Å²) in [5, 5.41) is 2.61. The van der Waals surface area contributed by atoms with E-state index in [4.69, 9.17) is 0 Å². The van der Waals surface area contributed by atoms with Crippen molar-refractivity contribution in [1.29, 1.82) is 0 Å². The van der Waals surface area contributed by atoms with E-state index in [0.717, 1.165) is 17.0 Å². The predicted molar refractivity (Wildman–Crippen MR) is 76.5 cm³/mol. The lowest BCUT2D eigenvalue weighted by molar-refractivity contribution is -0.121. The van der Waals surface area contributed by atoms with E-state index in [1.807, 2.05) is 6.92 Å². The summed E-state index contributed by atoms with van der Waals surface area (Å²) in [6, 6.07) is 5.64. The quantitative estimate of drug-likeness (QED) is 0.830. The van der Waals surface area contributed by atoms with Crippen molar-refractivity contribution >= 4 is 21.6 Å². The Kier molecular flexibility index (Phi) is 5.94. The number of anilines is 1. The lowest BCUT2D eigenvalue weighted by atomic mass is 10.3. The second-order valence-corrected chi connectivity index (χ2v) is 6.29. The van der Waals surface area contributed by atoms with Crippen molar-refractivity contribution in [3.63, 3.8) is 0 Å². The monoisotopic (exact) mass is 302 g/mol. The second-order valence-electron chi connectivity index (χ2n) is 4.39. The van der Waals surface area contributed by atoms with Crippen LogP contribution in [0.25, 0.3) is 0 Å². The SMILES string of the molecule is CCCC(=O)NCCN(c1ccccc1F)S(C)(=O)=O. The van der Waals surface area contributed by atoms with Crippen LogP contribution in [0.1, 0.15) is 19.8 Å². The Labute approximate surface area is 118 Å². The number of sulfonamides is 1. The van der Waals surface area contributed by atoms with E-state index in [1.165, 1.54) is 18.2 Å². The van der Waals surface area contributed by atoms with Crippen LogP contribution in [0.2, 0.25) is 0 Å². The van der Waals surface area contributed by atoms with Crippen molar-refractivity contribution in [3.8, 4) is 0 Å². The molecule has 0 aliphatic rings. The average Bonchev–Trinajstić information content (AvgIpc) is 2.35. The summed E-state index contributed by atoms with van der Waals surface area (Å²) in [5.74, 6) is -0.757. The summed E-state index contributed by atoms with van der Waals surface area (Å²) < 4.78 is 38.1. The van der Waals surface area contributed by atoms with Crippen LogP contribution < -0.4 is 9.62 Å². The molecule has 0 fully saturated rings. The van der Waals surface area contributed by atoms with Gasteiger partial charge in [-0.3, -0.25) is 9.10 Å². The number of nitrogens with one attached hydrogen (secondary N) is 1. The van der Waals surface area contributed by atoms with Gasteiger partial charge < -0.3 is 5.32 Å².